The Morgan fingerprint density at radius 1 is 0.581 bits per heavy atom. The molecule has 0 unspecified atom stereocenters. The van der Waals surface area contributed by atoms with Gasteiger partial charge >= 0.3 is 35.3 Å². The van der Waals surface area contributed by atoms with Gasteiger partial charge in [0.05, 0.1) is 32.7 Å². The predicted molar refractivity (Wildman–Crippen MR) is 383 cm³/mol. The van der Waals surface area contributed by atoms with Gasteiger partial charge in [0.25, 0.3) is 0 Å². The predicted octanol–water partition coefficient (Wildman–Crippen LogP) is 7.47. The van der Waals surface area contributed by atoms with E-state index in [0.717, 1.165) is 100 Å². The summed E-state index contributed by atoms with van der Waals surface area (Å²) >= 11 is 24.7. The average molecular weight is 1380 g/mol. The van der Waals surface area contributed by atoms with Crippen LogP contribution in [0.15, 0.2) is 118 Å². The Bertz CT molecular complexity index is 3710. The maximum absolute atomic E-state index is 12.7. The first-order chi connectivity index (χ1) is 43.6. The number of phenolic OH excluding ortho intramolecular Hbond substituents is 5. The number of fused-ring (bicyclic) bond motifs is 1. The standard InChI is InChI=1S/C23H27N3O3S.C22H29N3O2S.C12H19N3.C10H12O2S2.C2H3ClO2.Na/c1-15(2)18-12-19-21(13-20(18)27)29-23(28)26(22(19)30)17-6-4-16(5-7-17)14-25-10-8-24(3)9-11-25;1-15(2)18-12-19(21(27)13-20(18)26)22(28)23-17-6-4-16(5-7-17)14-25-10-8-24(3)9-11-25;1-14-6-8-15(9-7-14)10-11-2-4-12(13)5-3-11;1-5(2)6-3-7(10(13)14)9(12)4-8(6)11;3-1-2(4)5;/h4-7,12-13,15,27H,8-11,14H2,1-3H3;4-7,12-13,15,26-27H,8-11,14H2,1-3H3,(H,23,28);2-5H,6-10,13H2,1H3;3-5,11-12H,1-2H3,(H,13,14);1H2,(H,4,5);/q;;;;;+1/p-1. The minimum absolute atomic E-state index is 0. The molecule has 18 nitrogen and oxygen atoms in total. The molecule has 0 atom stereocenters. The number of carbonyl (C=O) groups excluding carboxylic acids is 1. The van der Waals surface area contributed by atoms with Gasteiger partial charge in [0.1, 0.15) is 44.0 Å². The van der Waals surface area contributed by atoms with Crippen molar-refractivity contribution in [1.82, 2.24) is 34.0 Å². The first kappa shape index (κ1) is 78.0. The van der Waals surface area contributed by atoms with Gasteiger partial charge in [-0.25, -0.2) is 9.36 Å². The van der Waals surface area contributed by atoms with Crippen LogP contribution < -0.4 is 51.5 Å². The third-order valence-electron chi connectivity index (χ3n) is 16.1. The molecule has 6 aromatic carbocycles. The smallest absolute Gasteiger partial charge is 0.549 e. The fourth-order valence-corrected chi connectivity index (χ4v) is 11.4. The van der Waals surface area contributed by atoms with E-state index in [2.05, 4.69) is 104 Å². The summed E-state index contributed by atoms with van der Waals surface area (Å²) in [7, 11) is 6.49. The van der Waals surface area contributed by atoms with E-state index in [4.69, 9.17) is 56.7 Å². The van der Waals surface area contributed by atoms with Gasteiger partial charge in [-0.05, 0) is 127 Å². The summed E-state index contributed by atoms with van der Waals surface area (Å²) < 4.78 is 7.60. The van der Waals surface area contributed by atoms with Gasteiger partial charge in [-0.3, -0.25) is 14.7 Å². The van der Waals surface area contributed by atoms with Crippen LogP contribution in [0, 0.1) is 4.64 Å². The number of piperazine rings is 3. The molecule has 0 bridgehead atoms. The molecule has 0 amide bonds. The summed E-state index contributed by atoms with van der Waals surface area (Å²) in [6.07, 6.45) is 0. The van der Waals surface area contributed by atoms with Gasteiger partial charge in [-0.1, -0.05) is 115 Å². The Kier molecular flexibility index (Phi) is 31.5. The molecule has 4 heterocycles. The molecule has 3 aliphatic heterocycles. The molecule has 3 fully saturated rings. The van der Waals surface area contributed by atoms with E-state index >= 15 is 0 Å². The quantitative estimate of drug-likeness (QED) is 0.0173. The van der Waals surface area contributed by atoms with Crippen LogP contribution in [0.2, 0.25) is 0 Å². The van der Waals surface area contributed by atoms with Crippen molar-refractivity contribution in [3.05, 3.63) is 169 Å². The van der Waals surface area contributed by atoms with Crippen LogP contribution in [0.25, 0.3) is 16.7 Å². The van der Waals surface area contributed by atoms with Crippen LogP contribution in [0.4, 0.5) is 11.4 Å². The molecular formula is C69H89ClN9NaO9S4. The number of anilines is 2. The number of nitrogens with one attached hydrogen (secondary N) is 1. The number of carboxylic acids is 1. The summed E-state index contributed by atoms with van der Waals surface area (Å²) in [4.78, 5) is 36.7. The fraction of sp³-hybridized carbons (Fsp3) is 0.406. The van der Waals surface area contributed by atoms with Crippen molar-refractivity contribution in [2.75, 3.05) is 117 Å². The second kappa shape index (κ2) is 37.6. The van der Waals surface area contributed by atoms with Crippen molar-refractivity contribution in [3.8, 4) is 34.4 Å². The van der Waals surface area contributed by atoms with E-state index in [1.54, 1.807) is 12.1 Å². The second-order valence-electron chi connectivity index (χ2n) is 24.3. The van der Waals surface area contributed by atoms with Crippen LogP contribution >= 0.6 is 60.9 Å². The van der Waals surface area contributed by atoms with Crippen LogP contribution in [-0.2, 0) is 24.4 Å². The number of likely N-dealkylation sites (N-methyl/N-ethyl adjacent to an activating group) is 3. The van der Waals surface area contributed by atoms with Crippen LogP contribution in [0.3, 0.4) is 0 Å². The average Bonchev–Trinajstić information content (AvgIpc) is 0.791. The van der Waals surface area contributed by atoms with Gasteiger partial charge in [0.2, 0.25) is 0 Å². The number of aromatic hydroxyl groups is 5. The molecule has 1 aromatic heterocycles. The number of thiol groups is 1. The summed E-state index contributed by atoms with van der Waals surface area (Å²) in [5.74, 6) is -1.54. The van der Waals surface area contributed by atoms with Gasteiger partial charge in [-0.2, -0.15) is 0 Å². The molecule has 7 aromatic rings. The number of hydrogen-bond acceptors (Lipinski definition) is 19. The van der Waals surface area contributed by atoms with Crippen molar-refractivity contribution in [2.24, 2.45) is 0 Å². The number of aromatic nitrogens is 1. The third kappa shape index (κ3) is 23.9. The van der Waals surface area contributed by atoms with Crippen molar-refractivity contribution in [2.45, 2.75) is 78.9 Å². The van der Waals surface area contributed by atoms with Gasteiger partial charge in [0.15, 0.2) is 0 Å². The number of nitrogens with zero attached hydrogens (tertiary/aromatic N) is 7. The number of carbonyl (C=O) groups is 1. The number of thiocarbonyl (C=S) groups is 2. The summed E-state index contributed by atoms with van der Waals surface area (Å²) in [5.41, 5.74) is 15.5. The monoisotopic (exact) mass is 1370 g/mol. The minimum Gasteiger partial charge on any atom is -0.549 e. The zero-order chi connectivity index (χ0) is 67.5. The van der Waals surface area contributed by atoms with Gasteiger partial charge < -0.3 is 65.6 Å². The molecule has 93 heavy (non-hydrogen) atoms. The summed E-state index contributed by atoms with van der Waals surface area (Å²) in [6, 6.07) is 33.7. The molecule has 0 aliphatic carbocycles. The first-order valence-electron chi connectivity index (χ1n) is 30.7. The zero-order valence-electron chi connectivity index (χ0n) is 55.1. The van der Waals surface area contributed by atoms with Gasteiger partial charge in [-0.15, -0.1) is 24.2 Å². The van der Waals surface area contributed by atoms with E-state index < -0.39 is 17.6 Å². The zero-order valence-corrected chi connectivity index (χ0v) is 61.2. The Morgan fingerprint density at radius 3 is 1.32 bits per heavy atom. The number of nitrogens with two attached hydrogens (primary N) is 1. The number of rotatable bonds is 14. The maximum atomic E-state index is 12.7. The van der Waals surface area contributed by atoms with E-state index in [1.165, 1.54) is 65.6 Å². The third-order valence-corrected chi connectivity index (χ3v) is 17.5. The van der Waals surface area contributed by atoms with E-state index in [1.807, 2.05) is 96.1 Å². The Morgan fingerprint density at radius 2 is 0.935 bits per heavy atom. The molecule has 10 rings (SSSR count). The Labute approximate surface area is 595 Å². The number of benzene rings is 6. The molecule has 0 spiro atoms. The number of aliphatic carboxylic acids is 1. The molecule has 3 saturated heterocycles. The largest absolute Gasteiger partial charge is 1.00 e. The first-order valence-corrected chi connectivity index (χ1v) is 32.9. The number of halogens is 1. The number of hydrogen-bond donors (Lipinski definition) is 8. The van der Waals surface area contributed by atoms with Crippen molar-refractivity contribution in [1.29, 1.82) is 0 Å². The SMILES string of the molecule is CC(C)c1cc(C(=S)Nc2ccc(CN3CCN(C)CC3)cc2)c(O)cc1O.CC(C)c1cc(C(=S)S)c(O)cc1O.CC(C)c1cc2c(=S)n(-c3ccc(CN4CCN(C)CC4)cc3)c(=O)oc2cc1O.CN1CCN(Cc2ccc(N)cc2)CC1.O=C([O-])CCl.[Na+]. The molecule has 3 aliphatic rings. The van der Waals surface area contributed by atoms with Crippen LogP contribution in [-0.4, -0.2) is 180 Å². The number of phenols is 5. The molecular weight excluding hydrogens is 1290 g/mol. The normalized spacial score (nSPS) is 14.9. The molecule has 8 N–H and O–H groups in total. The van der Waals surface area contributed by atoms with E-state index in [-0.39, 0.29) is 76.1 Å². The number of carboxylic acid groups (broad SMARTS) is 1. The molecule has 496 valence electrons. The summed E-state index contributed by atoms with van der Waals surface area (Å²) in [5, 5.41) is 62.4. The molecule has 0 saturated carbocycles. The fourth-order valence-electron chi connectivity index (χ4n) is 10.4. The Balaban J connectivity index is 0.000000228. The number of nitrogen functional groups attached to an aromatic ring is 1. The minimum atomic E-state index is -1.23. The number of alkyl halides is 1. The van der Waals surface area contributed by atoms with E-state index in [0.29, 0.717) is 41.6 Å². The summed E-state index contributed by atoms with van der Waals surface area (Å²) in [6.45, 7) is 28.2. The van der Waals surface area contributed by atoms with Crippen molar-refractivity contribution < 1.29 is 69.4 Å². The van der Waals surface area contributed by atoms with Crippen LogP contribution in [0.5, 0.6) is 28.7 Å². The maximum Gasteiger partial charge on any atom is 1.00 e. The Hall–Kier alpha value is -5.67. The van der Waals surface area contributed by atoms with E-state index in [9.17, 15) is 30.3 Å². The van der Waals surface area contributed by atoms with Crippen LogP contribution in [0.1, 0.15) is 104 Å². The molecule has 0 radical (unpaired) electrons. The second-order valence-corrected chi connectivity index (χ2v) is 26.6. The topological polar surface area (TPSA) is 234 Å². The van der Waals surface area contributed by atoms with Crippen molar-refractivity contribution >= 4 is 98.4 Å². The molecule has 24 heteroatoms. The van der Waals surface area contributed by atoms with Gasteiger partial charge in [0, 0.05) is 133 Å². The van der Waals surface area contributed by atoms with Crippen molar-refractivity contribution in [3.63, 3.8) is 0 Å².